The first-order valence-corrected chi connectivity index (χ1v) is 7.12. The molecule has 1 heterocycles. The van der Waals surface area contributed by atoms with E-state index in [1.807, 2.05) is 0 Å². The van der Waals surface area contributed by atoms with Crippen molar-refractivity contribution < 1.29 is 23.9 Å². The maximum absolute atomic E-state index is 12.4. The van der Waals surface area contributed by atoms with Crippen LogP contribution in [0.4, 0.5) is 11.4 Å². The molecule has 2 aromatic rings. The van der Waals surface area contributed by atoms with Crippen molar-refractivity contribution in [2.75, 3.05) is 25.6 Å². The van der Waals surface area contributed by atoms with Gasteiger partial charge in [-0.2, -0.15) is 0 Å². The molecule has 1 aliphatic heterocycles. The van der Waals surface area contributed by atoms with E-state index in [-0.39, 0.29) is 5.69 Å². The largest absolute Gasteiger partial charge is 0.493 e. The second-order valence-electron chi connectivity index (χ2n) is 4.96. The highest BCUT2D eigenvalue weighted by Gasteiger charge is 2.21. The molecule has 0 atom stereocenters. The third-order valence-electron chi connectivity index (χ3n) is 3.41. The molecule has 0 aliphatic carbocycles. The van der Waals surface area contributed by atoms with E-state index in [2.05, 4.69) is 5.32 Å². The topological polar surface area (TPSA) is 99.9 Å². The summed E-state index contributed by atoms with van der Waals surface area (Å²) < 4.78 is 16.2. The lowest BCUT2D eigenvalue weighted by molar-refractivity contribution is -0.384. The first-order chi connectivity index (χ1) is 11.6. The smallest absolute Gasteiger partial charge is 0.271 e. The first-order valence-electron chi connectivity index (χ1n) is 7.12. The second-order valence-corrected chi connectivity index (χ2v) is 4.96. The molecule has 3 rings (SSSR count). The fourth-order valence-corrected chi connectivity index (χ4v) is 2.30. The van der Waals surface area contributed by atoms with Crippen molar-refractivity contribution in [2.45, 2.75) is 0 Å². The minimum Gasteiger partial charge on any atom is -0.493 e. The lowest BCUT2D eigenvalue weighted by Gasteiger charge is -2.21. The molecule has 0 aromatic heterocycles. The van der Waals surface area contributed by atoms with Gasteiger partial charge in [0, 0.05) is 23.4 Å². The number of nitrogens with one attached hydrogen (secondary N) is 1. The second kappa shape index (κ2) is 6.45. The van der Waals surface area contributed by atoms with E-state index in [0.29, 0.717) is 41.7 Å². The summed E-state index contributed by atoms with van der Waals surface area (Å²) in [6.45, 7) is 0.786. The molecule has 0 fully saturated rings. The SMILES string of the molecule is COc1cc(C(=O)Nc2cccc([N+](=O)[O-])c2)cc2c1OCCO2. The Kier molecular flexibility index (Phi) is 4.19. The minimum absolute atomic E-state index is 0.104. The molecule has 2 aromatic carbocycles. The van der Waals surface area contributed by atoms with E-state index in [4.69, 9.17) is 14.2 Å². The van der Waals surface area contributed by atoms with Gasteiger partial charge in [0.2, 0.25) is 5.75 Å². The number of non-ortho nitro benzene ring substituents is 1. The summed E-state index contributed by atoms with van der Waals surface area (Å²) in [6, 6.07) is 8.78. The van der Waals surface area contributed by atoms with E-state index in [9.17, 15) is 14.9 Å². The summed E-state index contributed by atoms with van der Waals surface area (Å²) in [6.07, 6.45) is 0. The Morgan fingerprint density at radius 3 is 2.79 bits per heavy atom. The van der Waals surface area contributed by atoms with Crippen LogP contribution in [0.1, 0.15) is 10.4 Å². The molecule has 0 spiro atoms. The lowest BCUT2D eigenvalue weighted by Crippen LogP contribution is -2.18. The molecule has 0 radical (unpaired) electrons. The van der Waals surface area contributed by atoms with Crippen LogP contribution in [-0.2, 0) is 0 Å². The highest BCUT2D eigenvalue weighted by atomic mass is 16.6. The molecule has 1 N–H and O–H groups in total. The van der Waals surface area contributed by atoms with E-state index < -0.39 is 10.8 Å². The fraction of sp³-hybridized carbons (Fsp3) is 0.188. The van der Waals surface area contributed by atoms with Crippen LogP contribution in [0.3, 0.4) is 0 Å². The predicted molar refractivity (Wildman–Crippen MR) is 85.0 cm³/mol. The number of hydrogen-bond donors (Lipinski definition) is 1. The number of benzene rings is 2. The number of anilines is 1. The molecule has 24 heavy (non-hydrogen) atoms. The summed E-state index contributed by atoms with van der Waals surface area (Å²) >= 11 is 0. The number of nitrogens with zero attached hydrogens (tertiary/aromatic N) is 1. The summed E-state index contributed by atoms with van der Waals surface area (Å²) in [5.41, 5.74) is 0.512. The van der Waals surface area contributed by atoms with Crippen molar-refractivity contribution in [1.82, 2.24) is 0 Å². The molecule has 0 saturated carbocycles. The molecule has 1 aliphatic rings. The quantitative estimate of drug-likeness (QED) is 0.683. The molecule has 8 heteroatoms. The van der Waals surface area contributed by atoms with Crippen LogP contribution in [-0.4, -0.2) is 31.2 Å². The Bertz CT molecular complexity index is 788. The highest BCUT2D eigenvalue weighted by Crippen LogP contribution is 2.40. The first kappa shape index (κ1) is 15.6. The molecular formula is C16H14N2O6. The molecule has 0 saturated heterocycles. The predicted octanol–water partition coefficient (Wildman–Crippen LogP) is 2.63. The Morgan fingerprint density at radius 1 is 1.25 bits per heavy atom. The normalized spacial score (nSPS) is 12.4. The maximum atomic E-state index is 12.4. The summed E-state index contributed by atoms with van der Waals surface area (Å²) in [5.74, 6) is 0.822. The van der Waals surface area contributed by atoms with Crippen LogP contribution < -0.4 is 19.5 Å². The number of ether oxygens (including phenoxy) is 3. The molecular weight excluding hydrogens is 316 g/mol. The van der Waals surface area contributed by atoms with Gasteiger partial charge in [-0.25, -0.2) is 0 Å². The summed E-state index contributed by atoms with van der Waals surface area (Å²) in [7, 11) is 1.47. The summed E-state index contributed by atoms with van der Waals surface area (Å²) in [4.78, 5) is 22.7. The van der Waals surface area contributed by atoms with Gasteiger partial charge in [0.05, 0.1) is 12.0 Å². The minimum atomic E-state index is -0.525. The van der Waals surface area contributed by atoms with Crippen LogP contribution in [0.5, 0.6) is 17.2 Å². The average Bonchev–Trinajstić information content (AvgIpc) is 2.60. The number of hydrogen-bond acceptors (Lipinski definition) is 6. The van der Waals surface area contributed by atoms with Gasteiger partial charge < -0.3 is 19.5 Å². The number of methoxy groups -OCH3 is 1. The molecule has 1 amide bonds. The average molecular weight is 330 g/mol. The van der Waals surface area contributed by atoms with Crippen molar-refractivity contribution in [2.24, 2.45) is 0 Å². The van der Waals surface area contributed by atoms with Crippen molar-refractivity contribution in [1.29, 1.82) is 0 Å². The van der Waals surface area contributed by atoms with Gasteiger partial charge in [0.1, 0.15) is 13.2 Å². The molecule has 0 unspecified atom stereocenters. The van der Waals surface area contributed by atoms with E-state index in [1.54, 1.807) is 12.1 Å². The lowest BCUT2D eigenvalue weighted by atomic mass is 10.1. The van der Waals surface area contributed by atoms with Gasteiger partial charge in [-0.1, -0.05) is 6.07 Å². The van der Waals surface area contributed by atoms with E-state index >= 15 is 0 Å². The van der Waals surface area contributed by atoms with Crippen LogP contribution in [0.2, 0.25) is 0 Å². The Morgan fingerprint density at radius 2 is 2.04 bits per heavy atom. The van der Waals surface area contributed by atoms with Gasteiger partial charge in [-0.05, 0) is 18.2 Å². The van der Waals surface area contributed by atoms with Crippen molar-refractivity contribution in [3.05, 3.63) is 52.1 Å². The third-order valence-corrected chi connectivity index (χ3v) is 3.41. The van der Waals surface area contributed by atoms with E-state index in [1.165, 1.54) is 31.4 Å². The van der Waals surface area contributed by atoms with Gasteiger partial charge >= 0.3 is 0 Å². The standard InChI is InChI=1S/C16H14N2O6/c1-22-13-7-10(8-14-15(13)24-6-5-23-14)16(19)17-11-3-2-4-12(9-11)18(20)21/h2-4,7-9H,5-6H2,1H3,(H,17,19). The van der Waals surface area contributed by atoms with Crippen LogP contribution in [0.25, 0.3) is 0 Å². The molecule has 124 valence electrons. The molecule has 8 nitrogen and oxygen atoms in total. The van der Waals surface area contributed by atoms with Crippen molar-refractivity contribution >= 4 is 17.3 Å². The van der Waals surface area contributed by atoms with Gasteiger partial charge in [-0.15, -0.1) is 0 Å². The zero-order valence-corrected chi connectivity index (χ0v) is 12.8. The maximum Gasteiger partial charge on any atom is 0.271 e. The Hall–Kier alpha value is -3.29. The van der Waals surface area contributed by atoms with E-state index in [0.717, 1.165) is 0 Å². The summed E-state index contributed by atoms with van der Waals surface area (Å²) in [5, 5.41) is 13.4. The van der Waals surface area contributed by atoms with Crippen LogP contribution >= 0.6 is 0 Å². The third kappa shape index (κ3) is 3.07. The Balaban J connectivity index is 1.87. The number of carbonyl (C=O) groups excluding carboxylic acids is 1. The monoisotopic (exact) mass is 330 g/mol. The Labute approximate surface area is 137 Å². The number of fused-ring (bicyclic) bond motifs is 1. The van der Waals surface area contributed by atoms with Crippen LogP contribution in [0, 0.1) is 10.1 Å². The number of carbonyl (C=O) groups is 1. The zero-order valence-electron chi connectivity index (χ0n) is 12.8. The molecule has 0 bridgehead atoms. The van der Waals surface area contributed by atoms with Gasteiger partial charge in [-0.3, -0.25) is 14.9 Å². The number of amides is 1. The highest BCUT2D eigenvalue weighted by molar-refractivity contribution is 6.05. The van der Waals surface area contributed by atoms with Crippen molar-refractivity contribution in [3.63, 3.8) is 0 Å². The van der Waals surface area contributed by atoms with Crippen LogP contribution in [0.15, 0.2) is 36.4 Å². The zero-order chi connectivity index (χ0) is 17.1. The number of nitro groups is 1. The van der Waals surface area contributed by atoms with Crippen molar-refractivity contribution in [3.8, 4) is 17.2 Å². The number of nitro benzene ring substituents is 1. The van der Waals surface area contributed by atoms with Gasteiger partial charge in [0.15, 0.2) is 11.5 Å². The fourth-order valence-electron chi connectivity index (χ4n) is 2.30. The van der Waals surface area contributed by atoms with Gasteiger partial charge in [0.25, 0.3) is 11.6 Å². The number of rotatable bonds is 4.